The molecule has 1 heteroatoms. The minimum Gasteiger partial charge on any atom is -0.207 e. The van der Waals surface area contributed by atoms with Crippen LogP contribution in [0.1, 0.15) is 25.3 Å². The number of halogens is 1. The lowest BCUT2D eigenvalue weighted by molar-refractivity contribution is 0.625. The van der Waals surface area contributed by atoms with E-state index >= 15 is 0 Å². The number of hydrogen-bond acceptors (Lipinski definition) is 0. The highest BCUT2D eigenvalue weighted by atomic mass is 19.1. The van der Waals surface area contributed by atoms with Crippen molar-refractivity contribution < 1.29 is 4.39 Å². The van der Waals surface area contributed by atoms with Crippen LogP contribution < -0.4 is 0 Å². The third-order valence-electron chi connectivity index (χ3n) is 2.54. The van der Waals surface area contributed by atoms with Gasteiger partial charge in [-0.25, -0.2) is 4.39 Å². The molecule has 1 aromatic carbocycles. The molecule has 1 aliphatic carbocycles. The first-order valence-electron chi connectivity index (χ1n) is 3.97. The molecule has 58 valence electrons. The maximum Gasteiger partial charge on any atom is 0.123 e. The molecule has 1 saturated carbocycles. The highest BCUT2D eigenvalue weighted by Gasteiger charge is 2.38. The van der Waals surface area contributed by atoms with Crippen molar-refractivity contribution in [3.8, 4) is 0 Å². The summed E-state index contributed by atoms with van der Waals surface area (Å²) in [7, 11) is 0. The van der Waals surface area contributed by atoms with E-state index in [0.717, 1.165) is 0 Å². The van der Waals surface area contributed by atoms with Gasteiger partial charge in [-0.1, -0.05) is 19.1 Å². The van der Waals surface area contributed by atoms with Crippen LogP contribution in [0.3, 0.4) is 0 Å². The van der Waals surface area contributed by atoms with Crippen LogP contribution >= 0.6 is 0 Å². The molecule has 11 heavy (non-hydrogen) atoms. The van der Waals surface area contributed by atoms with E-state index in [1.807, 2.05) is 12.1 Å². The van der Waals surface area contributed by atoms with Crippen molar-refractivity contribution >= 4 is 0 Å². The molecular formula is C10H11F. The molecule has 0 spiro atoms. The third-order valence-corrected chi connectivity index (χ3v) is 2.54. The zero-order valence-corrected chi connectivity index (χ0v) is 6.60. The topological polar surface area (TPSA) is 0 Å². The molecule has 0 amide bonds. The summed E-state index contributed by atoms with van der Waals surface area (Å²) in [6.07, 6.45) is 2.50. The van der Waals surface area contributed by atoms with Gasteiger partial charge in [-0.05, 0) is 36.0 Å². The Balaban J connectivity index is 2.33. The first-order chi connectivity index (χ1) is 5.21. The van der Waals surface area contributed by atoms with Crippen LogP contribution in [0.5, 0.6) is 0 Å². The molecule has 0 atom stereocenters. The molecule has 0 heterocycles. The van der Waals surface area contributed by atoms with Gasteiger partial charge in [0.15, 0.2) is 0 Å². The molecule has 1 fully saturated rings. The summed E-state index contributed by atoms with van der Waals surface area (Å²) in [4.78, 5) is 0. The number of rotatable bonds is 1. The standard InChI is InChI=1S/C10H11F/c1-10(6-7-10)8-2-4-9(11)5-3-8/h2-5H,6-7H2,1H3. The average Bonchev–Trinajstić information content (AvgIpc) is 2.70. The molecule has 0 nitrogen and oxygen atoms in total. The van der Waals surface area contributed by atoms with E-state index in [0.29, 0.717) is 5.41 Å². The second kappa shape index (κ2) is 2.07. The second-order valence-corrected chi connectivity index (χ2v) is 3.57. The van der Waals surface area contributed by atoms with Gasteiger partial charge in [0.1, 0.15) is 5.82 Å². The second-order valence-electron chi connectivity index (χ2n) is 3.57. The summed E-state index contributed by atoms with van der Waals surface area (Å²) in [6, 6.07) is 6.86. The van der Waals surface area contributed by atoms with Gasteiger partial charge in [0.2, 0.25) is 0 Å². The minimum absolute atomic E-state index is 0.141. The van der Waals surface area contributed by atoms with Crippen LogP contribution in [-0.4, -0.2) is 0 Å². The summed E-state index contributed by atoms with van der Waals surface area (Å²) >= 11 is 0. The van der Waals surface area contributed by atoms with E-state index in [9.17, 15) is 4.39 Å². The Morgan fingerprint density at radius 1 is 1.18 bits per heavy atom. The molecule has 0 bridgehead atoms. The predicted octanol–water partition coefficient (Wildman–Crippen LogP) is 2.88. The normalized spacial score (nSPS) is 19.8. The van der Waals surface area contributed by atoms with Crippen molar-refractivity contribution in [2.75, 3.05) is 0 Å². The van der Waals surface area contributed by atoms with Crippen LogP contribution in [0.2, 0.25) is 0 Å². The van der Waals surface area contributed by atoms with E-state index in [2.05, 4.69) is 6.92 Å². The maximum absolute atomic E-state index is 12.5. The Bertz CT molecular complexity index is 257. The molecule has 2 rings (SSSR count). The van der Waals surface area contributed by atoms with Gasteiger partial charge >= 0.3 is 0 Å². The molecule has 0 unspecified atom stereocenters. The largest absolute Gasteiger partial charge is 0.207 e. The molecular weight excluding hydrogens is 139 g/mol. The van der Waals surface area contributed by atoms with Crippen LogP contribution in [0.4, 0.5) is 4.39 Å². The molecule has 0 N–H and O–H groups in total. The molecule has 1 aromatic rings. The Morgan fingerprint density at radius 2 is 1.73 bits per heavy atom. The smallest absolute Gasteiger partial charge is 0.123 e. The maximum atomic E-state index is 12.5. The lowest BCUT2D eigenvalue weighted by Gasteiger charge is -2.06. The van der Waals surface area contributed by atoms with Crippen molar-refractivity contribution in [2.45, 2.75) is 25.2 Å². The van der Waals surface area contributed by atoms with Gasteiger partial charge < -0.3 is 0 Å². The highest BCUT2D eigenvalue weighted by molar-refractivity contribution is 5.29. The van der Waals surface area contributed by atoms with Gasteiger partial charge in [-0.3, -0.25) is 0 Å². The van der Waals surface area contributed by atoms with Crippen molar-refractivity contribution in [1.82, 2.24) is 0 Å². The van der Waals surface area contributed by atoms with Gasteiger partial charge in [0.25, 0.3) is 0 Å². The SMILES string of the molecule is CC1(c2ccc(F)cc2)CC1. The summed E-state index contributed by atoms with van der Waals surface area (Å²) < 4.78 is 12.5. The molecule has 1 aliphatic rings. The fourth-order valence-electron chi connectivity index (χ4n) is 1.33. The van der Waals surface area contributed by atoms with Crippen LogP contribution in [-0.2, 0) is 5.41 Å². The summed E-state index contributed by atoms with van der Waals surface area (Å²) in [5.41, 5.74) is 1.65. The van der Waals surface area contributed by atoms with E-state index in [1.165, 1.54) is 18.4 Å². The van der Waals surface area contributed by atoms with E-state index in [-0.39, 0.29) is 5.82 Å². The number of benzene rings is 1. The highest BCUT2D eigenvalue weighted by Crippen LogP contribution is 2.47. The predicted molar refractivity (Wildman–Crippen MR) is 43.0 cm³/mol. The van der Waals surface area contributed by atoms with Crippen molar-refractivity contribution in [3.63, 3.8) is 0 Å². The van der Waals surface area contributed by atoms with E-state index in [1.54, 1.807) is 12.1 Å². The fraction of sp³-hybridized carbons (Fsp3) is 0.400. The Hall–Kier alpha value is -0.850. The first kappa shape index (κ1) is 6.84. The van der Waals surface area contributed by atoms with Crippen LogP contribution in [0.15, 0.2) is 24.3 Å². The molecule has 0 saturated heterocycles. The Morgan fingerprint density at radius 3 is 2.18 bits per heavy atom. The number of hydrogen-bond donors (Lipinski definition) is 0. The quantitative estimate of drug-likeness (QED) is 0.577. The van der Waals surface area contributed by atoms with Gasteiger partial charge in [0.05, 0.1) is 0 Å². The van der Waals surface area contributed by atoms with Crippen LogP contribution in [0.25, 0.3) is 0 Å². The molecule has 0 aromatic heterocycles. The Labute approximate surface area is 66.1 Å². The zero-order chi connectivity index (χ0) is 7.90. The fourth-order valence-corrected chi connectivity index (χ4v) is 1.33. The molecule has 0 radical (unpaired) electrons. The zero-order valence-electron chi connectivity index (χ0n) is 6.60. The summed E-state index contributed by atoms with van der Waals surface area (Å²) in [5.74, 6) is -0.141. The minimum atomic E-state index is -0.141. The lowest BCUT2D eigenvalue weighted by Crippen LogP contribution is -1.98. The van der Waals surface area contributed by atoms with Crippen molar-refractivity contribution in [2.24, 2.45) is 0 Å². The third kappa shape index (κ3) is 1.15. The van der Waals surface area contributed by atoms with Crippen molar-refractivity contribution in [1.29, 1.82) is 0 Å². The van der Waals surface area contributed by atoms with Crippen molar-refractivity contribution in [3.05, 3.63) is 35.6 Å². The summed E-state index contributed by atoms with van der Waals surface area (Å²) in [6.45, 7) is 2.22. The van der Waals surface area contributed by atoms with Gasteiger partial charge in [-0.2, -0.15) is 0 Å². The van der Waals surface area contributed by atoms with Gasteiger partial charge in [0, 0.05) is 0 Å². The Kier molecular flexibility index (Phi) is 1.28. The average molecular weight is 150 g/mol. The monoisotopic (exact) mass is 150 g/mol. The molecule has 0 aliphatic heterocycles. The lowest BCUT2D eigenvalue weighted by atomic mass is 9.99. The van der Waals surface area contributed by atoms with Crippen LogP contribution in [0, 0.1) is 5.82 Å². The van der Waals surface area contributed by atoms with E-state index in [4.69, 9.17) is 0 Å². The van der Waals surface area contributed by atoms with Gasteiger partial charge in [-0.15, -0.1) is 0 Å². The van der Waals surface area contributed by atoms with E-state index < -0.39 is 0 Å². The summed E-state index contributed by atoms with van der Waals surface area (Å²) in [5, 5.41) is 0. The first-order valence-corrected chi connectivity index (χ1v) is 3.97.